The number of nitrogens with zero attached hydrogens (tertiary/aromatic N) is 3. The summed E-state index contributed by atoms with van der Waals surface area (Å²) in [7, 11) is 3.78. The minimum absolute atomic E-state index is 0.0606. The van der Waals surface area contributed by atoms with Crippen molar-refractivity contribution in [2.75, 3.05) is 13.7 Å². The highest BCUT2D eigenvalue weighted by Crippen LogP contribution is 2.29. The van der Waals surface area contributed by atoms with Gasteiger partial charge in [-0.05, 0) is 25.2 Å². The molecule has 2 rings (SSSR count). The van der Waals surface area contributed by atoms with E-state index in [0.29, 0.717) is 4.57 Å². The number of hydrogen-bond acceptors (Lipinski definition) is 8. The molecule has 162 valence electrons. The van der Waals surface area contributed by atoms with Gasteiger partial charge in [0.15, 0.2) is 17.5 Å². The molecule has 1 aromatic heterocycles. The Balaban J connectivity index is 2.40. The van der Waals surface area contributed by atoms with Crippen LogP contribution in [0.4, 0.5) is 4.39 Å². The van der Waals surface area contributed by atoms with Crippen LogP contribution in [0.1, 0.15) is 6.92 Å². The van der Waals surface area contributed by atoms with Crippen LogP contribution in [0, 0.1) is 10.6 Å². The van der Waals surface area contributed by atoms with Crippen LogP contribution >= 0.6 is 23.8 Å². The maximum absolute atomic E-state index is 14.5. The van der Waals surface area contributed by atoms with Crippen LogP contribution in [0.25, 0.3) is 5.69 Å². The van der Waals surface area contributed by atoms with Crippen molar-refractivity contribution in [3.63, 3.8) is 0 Å². The molecule has 0 saturated heterocycles. The number of esters is 2. The molecule has 1 aromatic carbocycles. The normalized spacial score (nSPS) is 11.7. The minimum Gasteiger partial charge on any atom is -0.480 e. The van der Waals surface area contributed by atoms with E-state index in [9.17, 15) is 23.6 Å². The molecule has 0 aliphatic heterocycles. The van der Waals surface area contributed by atoms with Gasteiger partial charge >= 0.3 is 23.3 Å². The third kappa shape index (κ3) is 4.60. The van der Waals surface area contributed by atoms with Crippen LogP contribution in [-0.4, -0.2) is 45.5 Å². The first-order valence-electron chi connectivity index (χ1n) is 8.28. The molecule has 0 bridgehead atoms. The molecule has 1 heterocycles. The molecule has 0 radical (unpaired) electrons. The zero-order chi connectivity index (χ0) is 22.7. The molecule has 13 heteroatoms. The molecule has 1 unspecified atom stereocenters. The molecule has 0 aliphatic rings. The van der Waals surface area contributed by atoms with Gasteiger partial charge in [0.25, 0.3) is 0 Å². The SMILES string of the molecule is COC(=O)C(C)OC(=O)COc1cc(-n2c(=O)n(C)c(=S)n(C)c2=O)c(F)cc1Cl. The topological polar surface area (TPSA) is 111 Å². The van der Waals surface area contributed by atoms with E-state index >= 15 is 0 Å². The van der Waals surface area contributed by atoms with E-state index < -0.39 is 47.5 Å². The van der Waals surface area contributed by atoms with Gasteiger partial charge in [0.05, 0.1) is 17.8 Å². The predicted octanol–water partition coefficient (Wildman–Crippen LogP) is 0.880. The van der Waals surface area contributed by atoms with Crippen molar-refractivity contribution in [3.8, 4) is 11.4 Å². The third-order valence-corrected chi connectivity index (χ3v) is 4.80. The highest BCUT2D eigenvalue weighted by atomic mass is 35.5. The minimum atomic E-state index is -1.16. The second-order valence-electron chi connectivity index (χ2n) is 5.98. The maximum Gasteiger partial charge on any atom is 0.346 e. The van der Waals surface area contributed by atoms with Crippen LogP contribution in [0.3, 0.4) is 0 Å². The molecule has 0 N–H and O–H groups in total. The Morgan fingerprint density at radius 3 is 2.30 bits per heavy atom. The number of aromatic nitrogens is 3. The van der Waals surface area contributed by atoms with Crippen LogP contribution in [0.15, 0.2) is 21.7 Å². The first-order chi connectivity index (χ1) is 14.0. The lowest BCUT2D eigenvalue weighted by molar-refractivity contribution is -0.165. The van der Waals surface area contributed by atoms with Gasteiger partial charge in [-0.1, -0.05) is 11.6 Å². The second-order valence-corrected chi connectivity index (χ2v) is 6.75. The van der Waals surface area contributed by atoms with Crippen molar-refractivity contribution in [1.29, 1.82) is 0 Å². The second kappa shape index (κ2) is 9.22. The summed E-state index contributed by atoms with van der Waals surface area (Å²) < 4.78 is 31.4. The predicted molar refractivity (Wildman–Crippen MR) is 105 cm³/mol. The van der Waals surface area contributed by atoms with Gasteiger partial charge in [0, 0.05) is 20.2 Å². The molecule has 1 atom stereocenters. The zero-order valence-electron chi connectivity index (χ0n) is 16.3. The Bertz CT molecular complexity index is 1150. The van der Waals surface area contributed by atoms with Gasteiger partial charge in [0.2, 0.25) is 0 Å². The highest BCUT2D eigenvalue weighted by Gasteiger charge is 2.21. The number of halogens is 2. The fourth-order valence-corrected chi connectivity index (χ4v) is 2.72. The summed E-state index contributed by atoms with van der Waals surface area (Å²) in [5.41, 5.74) is -2.23. The highest BCUT2D eigenvalue weighted by molar-refractivity contribution is 7.71. The fourth-order valence-electron chi connectivity index (χ4n) is 2.36. The average molecular weight is 462 g/mol. The van der Waals surface area contributed by atoms with Crippen LogP contribution < -0.4 is 16.1 Å². The molecule has 0 spiro atoms. The van der Waals surface area contributed by atoms with Gasteiger partial charge < -0.3 is 14.2 Å². The van der Waals surface area contributed by atoms with Crippen molar-refractivity contribution < 1.29 is 28.2 Å². The van der Waals surface area contributed by atoms with Crippen molar-refractivity contribution in [2.24, 2.45) is 14.1 Å². The van der Waals surface area contributed by atoms with Crippen molar-refractivity contribution in [2.45, 2.75) is 13.0 Å². The van der Waals surface area contributed by atoms with Crippen molar-refractivity contribution >= 4 is 35.8 Å². The summed E-state index contributed by atoms with van der Waals surface area (Å²) >= 11 is 10.9. The first kappa shape index (κ1) is 23.3. The number of methoxy groups -OCH3 is 1. The summed E-state index contributed by atoms with van der Waals surface area (Å²) in [6.45, 7) is 0.621. The lowest BCUT2D eigenvalue weighted by Crippen LogP contribution is -2.43. The van der Waals surface area contributed by atoms with Crippen molar-refractivity contribution in [1.82, 2.24) is 13.7 Å². The number of benzene rings is 1. The van der Waals surface area contributed by atoms with Gasteiger partial charge in [-0.2, -0.15) is 0 Å². The molecule has 0 amide bonds. The standard InChI is InChI=1S/C17H17ClFN3O7S/c1-8(14(24)27-4)29-13(23)7-28-12-6-11(10(19)5-9(12)18)22-15(25)20(2)17(30)21(3)16(22)26/h5-6,8H,7H2,1-4H3. The quantitative estimate of drug-likeness (QED) is 0.460. The Morgan fingerprint density at radius 2 is 1.77 bits per heavy atom. The largest absolute Gasteiger partial charge is 0.480 e. The molecule has 0 saturated carbocycles. The van der Waals surface area contributed by atoms with E-state index in [2.05, 4.69) is 4.74 Å². The Labute approximate surface area is 179 Å². The molecule has 0 fully saturated rings. The lowest BCUT2D eigenvalue weighted by atomic mass is 10.2. The first-order valence-corrected chi connectivity index (χ1v) is 9.06. The summed E-state index contributed by atoms with van der Waals surface area (Å²) in [5.74, 6) is -2.87. The number of carbonyl (C=O) groups is 2. The monoisotopic (exact) mass is 461 g/mol. The number of carbonyl (C=O) groups excluding carboxylic acids is 2. The van der Waals surface area contributed by atoms with E-state index in [1.54, 1.807) is 0 Å². The molecule has 2 aromatic rings. The van der Waals surface area contributed by atoms with E-state index in [1.165, 1.54) is 21.0 Å². The van der Waals surface area contributed by atoms with E-state index in [0.717, 1.165) is 28.4 Å². The summed E-state index contributed by atoms with van der Waals surface area (Å²) in [5, 5.41) is -0.223. The van der Waals surface area contributed by atoms with Gasteiger partial charge in [-0.3, -0.25) is 9.13 Å². The fraction of sp³-hybridized carbons (Fsp3) is 0.353. The van der Waals surface area contributed by atoms with E-state index in [4.69, 9.17) is 33.3 Å². The Hall–Kier alpha value is -2.99. The molecule has 0 aliphatic carbocycles. The summed E-state index contributed by atoms with van der Waals surface area (Å²) in [4.78, 5) is 48.1. The Kier molecular flexibility index (Phi) is 7.16. The Morgan fingerprint density at radius 1 is 1.20 bits per heavy atom. The van der Waals surface area contributed by atoms with E-state index in [-0.39, 0.29) is 15.5 Å². The van der Waals surface area contributed by atoms with Gasteiger partial charge in [-0.25, -0.2) is 28.1 Å². The van der Waals surface area contributed by atoms with Gasteiger partial charge in [0.1, 0.15) is 11.6 Å². The average Bonchev–Trinajstić information content (AvgIpc) is 2.70. The third-order valence-electron chi connectivity index (χ3n) is 3.96. The lowest BCUT2D eigenvalue weighted by Gasteiger charge is -2.14. The maximum atomic E-state index is 14.5. The molecule has 10 nitrogen and oxygen atoms in total. The number of hydrogen-bond donors (Lipinski definition) is 0. The number of rotatable bonds is 6. The van der Waals surface area contributed by atoms with Crippen molar-refractivity contribution in [3.05, 3.63) is 48.7 Å². The smallest absolute Gasteiger partial charge is 0.346 e. The number of ether oxygens (including phenoxy) is 3. The molecular formula is C17H17ClFN3O7S. The molecule has 30 heavy (non-hydrogen) atoms. The van der Waals surface area contributed by atoms with Crippen LogP contribution in [-0.2, 0) is 33.2 Å². The summed E-state index contributed by atoms with van der Waals surface area (Å²) in [6, 6.07) is 1.81. The van der Waals surface area contributed by atoms with Crippen LogP contribution in [0.2, 0.25) is 5.02 Å². The molecular weight excluding hydrogens is 445 g/mol. The summed E-state index contributed by atoms with van der Waals surface area (Å²) in [6.07, 6.45) is -1.16. The van der Waals surface area contributed by atoms with E-state index in [1.807, 2.05) is 0 Å². The van der Waals surface area contributed by atoms with Crippen LogP contribution in [0.5, 0.6) is 5.75 Å². The van der Waals surface area contributed by atoms with Gasteiger partial charge in [-0.15, -0.1) is 0 Å². The zero-order valence-corrected chi connectivity index (χ0v) is 17.9.